The SMILES string of the molecule is NS(=O)(=O)CC1CC(=O)N(c2c(Cl)cccc2Cl)C1. The topological polar surface area (TPSA) is 80.5 Å². The minimum Gasteiger partial charge on any atom is -0.309 e. The molecule has 0 bridgehead atoms. The number of para-hydroxylation sites is 1. The average molecular weight is 323 g/mol. The van der Waals surface area contributed by atoms with Gasteiger partial charge in [0.05, 0.1) is 21.5 Å². The maximum atomic E-state index is 11.9. The van der Waals surface area contributed by atoms with Crippen LogP contribution in [0.2, 0.25) is 10.0 Å². The summed E-state index contributed by atoms with van der Waals surface area (Å²) < 4.78 is 22.1. The second-order valence-corrected chi connectivity index (χ2v) is 6.95. The van der Waals surface area contributed by atoms with Crippen molar-refractivity contribution < 1.29 is 13.2 Å². The van der Waals surface area contributed by atoms with Crippen molar-refractivity contribution in [1.29, 1.82) is 0 Å². The Balaban J connectivity index is 2.26. The molecule has 2 N–H and O–H groups in total. The number of sulfonamides is 1. The molecule has 1 atom stereocenters. The number of hydrogen-bond donors (Lipinski definition) is 1. The van der Waals surface area contributed by atoms with Crippen molar-refractivity contribution in [1.82, 2.24) is 0 Å². The van der Waals surface area contributed by atoms with Gasteiger partial charge in [-0.15, -0.1) is 0 Å². The number of anilines is 1. The number of halogens is 2. The monoisotopic (exact) mass is 322 g/mol. The number of nitrogens with zero attached hydrogens (tertiary/aromatic N) is 1. The molecular formula is C11H12Cl2N2O3S. The molecule has 0 radical (unpaired) electrons. The predicted molar refractivity (Wildman–Crippen MR) is 74.9 cm³/mol. The van der Waals surface area contributed by atoms with Crippen molar-refractivity contribution >= 4 is 44.8 Å². The number of carbonyl (C=O) groups is 1. The van der Waals surface area contributed by atoms with E-state index in [4.69, 9.17) is 28.3 Å². The van der Waals surface area contributed by atoms with E-state index in [1.807, 2.05) is 0 Å². The Hall–Kier alpha value is -0.820. The number of hydrogen-bond acceptors (Lipinski definition) is 3. The Bertz CT molecular complexity index is 598. The zero-order chi connectivity index (χ0) is 14.2. The molecule has 1 saturated heterocycles. The van der Waals surface area contributed by atoms with E-state index in [0.717, 1.165) is 0 Å². The molecule has 104 valence electrons. The first-order chi connectivity index (χ1) is 8.78. The summed E-state index contributed by atoms with van der Waals surface area (Å²) in [4.78, 5) is 13.4. The van der Waals surface area contributed by atoms with Gasteiger partial charge in [0, 0.05) is 18.9 Å². The highest BCUT2D eigenvalue weighted by Crippen LogP contribution is 2.37. The lowest BCUT2D eigenvalue weighted by Gasteiger charge is -2.19. The van der Waals surface area contributed by atoms with Gasteiger partial charge in [0.2, 0.25) is 15.9 Å². The second-order valence-electron chi connectivity index (χ2n) is 4.47. The Morgan fingerprint density at radius 2 is 1.89 bits per heavy atom. The van der Waals surface area contributed by atoms with Gasteiger partial charge < -0.3 is 4.90 Å². The number of nitrogens with two attached hydrogens (primary N) is 1. The van der Waals surface area contributed by atoms with Crippen LogP contribution in [0.3, 0.4) is 0 Å². The van der Waals surface area contributed by atoms with Gasteiger partial charge in [-0.25, -0.2) is 13.6 Å². The van der Waals surface area contributed by atoms with Gasteiger partial charge in [0.25, 0.3) is 0 Å². The number of primary sulfonamides is 1. The van der Waals surface area contributed by atoms with Gasteiger partial charge in [0.15, 0.2) is 0 Å². The van der Waals surface area contributed by atoms with Crippen LogP contribution < -0.4 is 10.0 Å². The molecule has 19 heavy (non-hydrogen) atoms. The third-order valence-electron chi connectivity index (χ3n) is 2.88. The molecular weight excluding hydrogens is 311 g/mol. The van der Waals surface area contributed by atoms with Gasteiger partial charge in [-0.1, -0.05) is 29.3 Å². The van der Waals surface area contributed by atoms with Gasteiger partial charge in [0.1, 0.15) is 0 Å². The van der Waals surface area contributed by atoms with Crippen molar-refractivity contribution in [2.45, 2.75) is 6.42 Å². The minimum absolute atomic E-state index is 0.123. The van der Waals surface area contributed by atoms with Gasteiger partial charge >= 0.3 is 0 Å². The van der Waals surface area contributed by atoms with Gasteiger partial charge in [-0.3, -0.25) is 4.79 Å². The molecule has 5 nitrogen and oxygen atoms in total. The minimum atomic E-state index is -3.60. The summed E-state index contributed by atoms with van der Waals surface area (Å²) in [5.74, 6) is -0.768. The average Bonchev–Trinajstić information content (AvgIpc) is 2.56. The second kappa shape index (κ2) is 5.28. The highest BCUT2D eigenvalue weighted by Gasteiger charge is 2.34. The van der Waals surface area contributed by atoms with Crippen molar-refractivity contribution in [3.8, 4) is 0 Å². The maximum Gasteiger partial charge on any atom is 0.227 e. The lowest BCUT2D eigenvalue weighted by atomic mass is 10.1. The van der Waals surface area contributed by atoms with Crippen LogP contribution in [0, 0.1) is 5.92 Å². The molecule has 1 heterocycles. The Labute approximate surface area is 121 Å². The standard InChI is InChI=1S/C11H12Cl2N2O3S/c12-8-2-1-3-9(13)11(8)15-5-7(4-10(15)16)6-19(14,17)18/h1-3,7H,4-6H2,(H2,14,17,18). The molecule has 1 aliphatic rings. The Kier molecular flexibility index (Phi) is 4.06. The largest absolute Gasteiger partial charge is 0.309 e. The quantitative estimate of drug-likeness (QED) is 0.918. The third-order valence-corrected chi connectivity index (χ3v) is 4.43. The van der Waals surface area contributed by atoms with Crippen molar-refractivity contribution in [3.63, 3.8) is 0 Å². The fraction of sp³-hybridized carbons (Fsp3) is 0.364. The van der Waals surface area contributed by atoms with Crippen LogP contribution >= 0.6 is 23.2 Å². The maximum absolute atomic E-state index is 11.9. The normalized spacial score (nSPS) is 20.1. The van der Waals surface area contributed by atoms with Crippen LogP contribution in [0.4, 0.5) is 5.69 Å². The van der Waals surface area contributed by atoms with Crippen LogP contribution in [0.25, 0.3) is 0 Å². The van der Waals surface area contributed by atoms with Crippen molar-refractivity contribution in [2.24, 2.45) is 11.1 Å². The Morgan fingerprint density at radius 1 is 1.32 bits per heavy atom. The van der Waals surface area contributed by atoms with Crippen LogP contribution in [-0.2, 0) is 14.8 Å². The summed E-state index contributed by atoms with van der Waals surface area (Å²) in [6, 6.07) is 4.93. The molecule has 1 aromatic carbocycles. The van der Waals surface area contributed by atoms with E-state index in [9.17, 15) is 13.2 Å². The summed E-state index contributed by atoms with van der Waals surface area (Å²) in [5.41, 5.74) is 0.424. The van der Waals surface area contributed by atoms with Gasteiger partial charge in [-0.2, -0.15) is 0 Å². The molecule has 1 aliphatic heterocycles. The first-order valence-corrected chi connectivity index (χ1v) is 8.00. The molecule has 2 rings (SSSR count). The van der Waals surface area contributed by atoms with Gasteiger partial charge in [-0.05, 0) is 12.1 Å². The van der Waals surface area contributed by atoms with Crippen molar-refractivity contribution in [2.75, 3.05) is 17.2 Å². The Morgan fingerprint density at radius 3 is 2.42 bits per heavy atom. The molecule has 0 aliphatic carbocycles. The zero-order valence-corrected chi connectivity index (χ0v) is 12.2. The summed E-state index contributed by atoms with van der Waals surface area (Å²) in [6.07, 6.45) is 0.123. The van der Waals surface area contributed by atoms with Crippen LogP contribution in [0.5, 0.6) is 0 Å². The highest BCUT2D eigenvalue weighted by molar-refractivity contribution is 7.89. The predicted octanol–water partition coefficient (Wildman–Crippen LogP) is 1.63. The van der Waals surface area contributed by atoms with E-state index < -0.39 is 10.0 Å². The molecule has 0 aromatic heterocycles. The number of amides is 1. The summed E-state index contributed by atoms with van der Waals surface area (Å²) >= 11 is 12.1. The lowest BCUT2D eigenvalue weighted by molar-refractivity contribution is -0.117. The molecule has 1 unspecified atom stereocenters. The third kappa shape index (κ3) is 3.39. The smallest absolute Gasteiger partial charge is 0.227 e. The fourth-order valence-corrected chi connectivity index (χ4v) is 3.67. The molecule has 0 spiro atoms. The summed E-state index contributed by atoms with van der Waals surface area (Å²) in [6.45, 7) is 0.249. The van der Waals surface area contributed by atoms with Crippen LogP contribution in [0.15, 0.2) is 18.2 Å². The van der Waals surface area contributed by atoms with E-state index in [1.165, 1.54) is 4.90 Å². The number of benzene rings is 1. The molecule has 8 heteroatoms. The molecule has 1 amide bonds. The van der Waals surface area contributed by atoms with E-state index in [-0.39, 0.29) is 30.5 Å². The number of rotatable bonds is 3. The fourth-order valence-electron chi connectivity index (χ4n) is 2.18. The summed E-state index contributed by atoms with van der Waals surface area (Å²) in [7, 11) is -3.60. The number of carbonyl (C=O) groups excluding carboxylic acids is 1. The lowest BCUT2D eigenvalue weighted by Crippen LogP contribution is -2.27. The van der Waals surface area contributed by atoms with Crippen LogP contribution in [-0.4, -0.2) is 26.6 Å². The molecule has 0 saturated carbocycles. The van der Waals surface area contributed by atoms with Crippen LogP contribution in [0.1, 0.15) is 6.42 Å². The summed E-state index contributed by atoms with van der Waals surface area (Å²) in [5, 5.41) is 5.71. The van der Waals surface area contributed by atoms with E-state index >= 15 is 0 Å². The van der Waals surface area contributed by atoms with Crippen molar-refractivity contribution in [3.05, 3.63) is 28.2 Å². The van der Waals surface area contributed by atoms with E-state index in [2.05, 4.69) is 0 Å². The first-order valence-electron chi connectivity index (χ1n) is 5.53. The molecule has 1 aromatic rings. The molecule has 1 fully saturated rings. The highest BCUT2D eigenvalue weighted by atomic mass is 35.5. The van der Waals surface area contributed by atoms with E-state index in [1.54, 1.807) is 18.2 Å². The zero-order valence-electron chi connectivity index (χ0n) is 9.84. The first kappa shape index (κ1) is 14.6. The van der Waals surface area contributed by atoms with E-state index in [0.29, 0.717) is 15.7 Å².